The zero-order chi connectivity index (χ0) is 11.4. The summed E-state index contributed by atoms with van der Waals surface area (Å²) in [4.78, 5) is 0. The van der Waals surface area contributed by atoms with Gasteiger partial charge < -0.3 is 10.6 Å². The van der Waals surface area contributed by atoms with Gasteiger partial charge in [0.05, 0.1) is 0 Å². The molecule has 92 valence electrons. The van der Waals surface area contributed by atoms with Crippen molar-refractivity contribution in [3.63, 3.8) is 0 Å². The Bertz CT molecular complexity index is 113. The predicted octanol–water partition coefficient (Wildman–Crippen LogP) is 2.79. The molecule has 0 aliphatic heterocycles. The van der Waals surface area contributed by atoms with Crippen LogP contribution < -0.4 is 10.6 Å². The average Bonchev–Trinajstić information content (AvgIpc) is 2.20. The number of hydrogen-bond acceptors (Lipinski definition) is 2. The number of unbranched alkanes of at least 4 members (excludes halogenated alkanes) is 3. The molecular weight excluding hydrogens is 184 g/mol. The van der Waals surface area contributed by atoms with E-state index in [1.807, 2.05) is 0 Å². The van der Waals surface area contributed by atoms with Gasteiger partial charge in [0.2, 0.25) is 0 Å². The zero-order valence-corrected chi connectivity index (χ0v) is 10.9. The van der Waals surface area contributed by atoms with E-state index >= 15 is 0 Å². The van der Waals surface area contributed by atoms with E-state index in [0.717, 1.165) is 25.6 Å². The summed E-state index contributed by atoms with van der Waals surface area (Å²) in [6.45, 7) is 11.4. The molecule has 0 aromatic carbocycles. The molecule has 0 unspecified atom stereocenters. The molecule has 0 fully saturated rings. The summed E-state index contributed by atoms with van der Waals surface area (Å²) in [7, 11) is 0. The van der Waals surface area contributed by atoms with Gasteiger partial charge in [-0.25, -0.2) is 0 Å². The fourth-order valence-corrected chi connectivity index (χ4v) is 1.53. The SMILES string of the molecule is CCCCCCNCCCNCC(C)C. The number of hydrogen-bond donors (Lipinski definition) is 2. The Morgan fingerprint density at radius 2 is 1.47 bits per heavy atom. The number of nitrogens with one attached hydrogen (secondary N) is 2. The lowest BCUT2D eigenvalue weighted by Crippen LogP contribution is -2.25. The van der Waals surface area contributed by atoms with Gasteiger partial charge >= 0.3 is 0 Å². The van der Waals surface area contributed by atoms with Gasteiger partial charge in [-0.15, -0.1) is 0 Å². The van der Waals surface area contributed by atoms with E-state index in [0.29, 0.717) is 0 Å². The minimum atomic E-state index is 0.770. The third kappa shape index (κ3) is 13.9. The highest BCUT2D eigenvalue weighted by molar-refractivity contribution is 4.54. The second-order valence-electron chi connectivity index (χ2n) is 4.76. The first-order valence-corrected chi connectivity index (χ1v) is 6.68. The molecule has 2 N–H and O–H groups in total. The van der Waals surface area contributed by atoms with Gasteiger partial charge in [0, 0.05) is 0 Å². The fourth-order valence-electron chi connectivity index (χ4n) is 1.53. The van der Waals surface area contributed by atoms with E-state index in [2.05, 4.69) is 31.4 Å². The Labute approximate surface area is 96.2 Å². The summed E-state index contributed by atoms with van der Waals surface area (Å²) < 4.78 is 0. The lowest BCUT2D eigenvalue weighted by atomic mass is 10.2. The summed E-state index contributed by atoms with van der Waals surface area (Å²) in [5.41, 5.74) is 0. The van der Waals surface area contributed by atoms with Crippen LogP contribution >= 0.6 is 0 Å². The summed E-state index contributed by atoms with van der Waals surface area (Å²) in [6, 6.07) is 0. The predicted molar refractivity (Wildman–Crippen MR) is 69.3 cm³/mol. The molecule has 0 aliphatic rings. The van der Waals surface area contributed by atoms with Crippen molar-refractivity contribution in [1.29, 1.82) is 0 Å². The topological polar surface area (TPSA) is 24.1 Å². The quantitative estimate of drug-likeness (QED) is 0.517. The molecule has 2 nitrogen and oxygen atoms in total. The molecule has 0 bridgehead atoms. The molecule has 0 rings (SSSR count). The van der Waals surface area contributed by atoms with Gasteiger partial charge in [0.1, 0.15) is 0 Å². The largest absolute Gasteiger partial charge is 0.317 e. The molecule has 2 heteroatoms. The average molecular weight is 214 g/mol. The lowest BCUT2D eigenvalue weighted by Gasteiger charge is -2.07. The molecule has 0 aliphatic carbocycles. The van der Waals surface area contributed by atoms with E-state index < -0.39 is 0 Å². The summed E-state index contributed by atoms with van der Waals surface area (Å²) in [6.07, 6.45) is 6.69. The van der Waals surface area contributed by atoms with Crippen LogP contribution in [-0.2, 0) is 0 Å². The smallest absolute Gasteiger partial charge is 0.00258 e. The van der Waals surface area contributed by atoms with Crippen LogP contribution in [0.3, 0.4) is 0 Å². The molecule has 0 aromatic heterocycles. The molecule has 0 radical (unpaired) electrons. The molecule has 0 spiro atoms. The van der Waals surface area contributed by atoms with Crippen molar-refractivity contribution in [2.24, 2.45) is 5.92 Å². The highest BCUT2D eigenvalue weighted by Gasteiger charge is 1.92. The van der Waals surface area contributed by atoms with E-state index in [1.54, 1.807) is 0 Å². The van der Waals surface area contributed by atoms with Gasteiger partial charge in [-0.2, -0.15) is 0 Å². The van der Waals surface area contributed by atoms with Crippen molar-refractivity contribution in [3.05, 3.63) is 0 Å². The molecule has 0 aromatic rings. The van der Waals surface area contributed by atoms with Gasteiger partial charge in [0.15, 0.2) is 0 Å². The van der Waals surface area contributed by atoms with Crippen LogP contribution in [0, 0.1) is 5.92 Å². The minimum absolute atomic E-state index is 0.770. The van der Waals surface area contributed by atoms with Crippen molar-refractivity contribution in [2.45, 2.75) is 52.9 Å². The Kier molecular flexibility index (Phi) is 11.9. The van der Waals surface area contributed by atoms with Gasteiger partial charge in [-0.1, -0.05) is 40.0 Å². The first kappa shape index (κ1) is 14.9. The third-order valence-electron chi connectivity index (χ3n) is 2.47. The standard InChI is InChI=1S/C13H30N2/c1-4-5-6-7-9-14-10-8-11-15-12-13(2)3/h13-15H,4-12H2,1-3H3. The van der Waals surface area contributed by atoms with Crippen molar-refractivity contribution >= 4 is 0 Å². The molecule has 0 saturated heterocycles. The molecule has 15 heavy (non-hydrogen) atoms. The molecular formula is C13H30N2. The van der Waals surface area contributed by atoms with Crippen LogP contribution in [0.15, 0.2) is 0 Å². The molecule has 0 atom stereocenters. The normalized spacial score (nSPS) is 11.2. The maximum absolute atomic E-state index is 3.49. The minimum Gasteiger partial charge on any atom is -0.317 e. The summed E-state index contributed by atoms with van der Waals surface area (Å²) in [5.74, 6) is 0.770. The summed E-state index contributed by atoms with van der Waals surface area (Å²) in [5, 5.41) is 6.95. The monoisotopic (exact) mass is 214 g/mol. The van der Waals surface area contributed by atoms with Gasteiger partial charge in [-0.3, -0.25) is 0 Å². The second kappa shape index (κ2) is 12.0. The number of rotatable bonds is 11. The molecule has 0 amide bonds. The molecule has 0 saturated carbocycles. The Morgan fingerprint density at radius 3 is 2.13 bits per heavy atom. The first-order chi connectivity index (χ1) is 7.27. The van der Waals surface area contributed by atoms with E-state index in [1.165, 1.54) is 38.6 Å². The Morgan fingerprint density at radius 1 is 0.800 bits per heavy atom. The van der Waals surface area contributed by atoms with E-state index in [9.17, 15) is 0 Å². The zero-order valence-electron chi connectivity index (χ0n) is 10.9. The van der Waals surface area contributed by atoms with E-state index in [-0.39, 0.29) is 0 Å². The second-order valence-corrected chi connectivity index (χ2v) is 4.76. The maximum atomic E-state index is 3.49. The van der Waals surface area contributed by atoms with Gasteiger partial charge in [-0.05, 0) is 44.9 Å². The van der Waals surface area contributed by atoms with Crippen LogP contribution in [0.4, 0.5) is 0 Å². The van der Waals surface area contributed by atoms with Crippen molar-refractivity contribution in [3.8, 4) is 0 Å². The van der Waals surface area contributed by atoms with Crippen LogP contribution in [0.5, 0.6) is 0 Å². The van der Waals surface area contributed by atoms with Crippen LogP contribution in [0.25, 0.3) is 0 Å². The third-order valence-corrected chi connectivity index (χ3v) is 2.47. The van der Waals surface area contributed by atoms with Gasteiger partial charge in [0.25, 0.3) is 0 Å². The maximum Gasteiger partial charge on any atom is -0.00258 e. The lowest BCUT2D eigenvalue weighted by molar-refractivity contribution is 0.524. The van der Waals surface area contributed by atoms with Crippen molar-refractivity contribution in [1.82, 2.24) is 10.6 Å². The van der Waals surface area contributed by atoms with Crippen molar-refractivity contribution < 1.29 is 0 Å². The highest BCUT2D eigenvalue weighted by Crippen LogP contribution is 1.96. The van der Waals surface area contributed by atoms with E-state index in [4.69, 9.17) is 0 Å². The Balaban J connectivity index is 2.87. The van der Waals surface area contributed by atoms with Crippen LogP contribution in [-0.4, -0.2) is 26.2 Å². The van der Waals surface area contributed by atoms with Crippen LogP contribution in [0.1, 0.15) is 52.9 Å². The Hall–Kier alpha value is -0.0800. The summed E-state index contributed by atoms with van der Waals surface area (Å²) >= 11 is 0. The highest BCUT2D eigenvalue weighted by atomic mass is 14.9. The molecule has 0 heterocycles. The fraction of sp³-hybridized carbons (Fsp3) is 1.00. The first-order valence-electron chi connectivity index (χ1n) is 6.68. The van der Waals surface area contributed by atoms with Crippen LogP contribution in [0.2, 0.25) is 0 Å². The van der Waals surface area contributed by atoms with Crippen molar-refractivity contribution in [2.75, 3.05) is 26.2 Å².